The number of thioether (sulfide) groups is 1. The summed E-state index contributed by atoms with van der Waals surface area (Å²) in [5, 5.41) is 5.33. The number of alkyl carbamates (subject to hydrolysis) is 1. The van der Waals surface area contributed by atoms with Crippen molar-refractivity contribution in [2.24, 2.45) is 5.73 Å². The Bertz CT molecular complexity index is 1080. The molecule has 0 radical (unpaired) electrons. The van der Waals surface area contributed by atoms with Crippen LogP contribution in [0.5, 0.6) is 0 Å². The number of benzene rings is 3. The summed E-state index contributed by atoms with van der Waals surface area (Å²) in [5.74, 6) is -0.196. The van der Waals surface area contributed by atoms with Gasteiger partial charge in [-0.1, -0.05) is 91.0 Å². The molecule has 0 unspecified atom stereocenters. The summed E-state index contributed by atoms with van der Waals surface area (Å²) in [7, 11) is 0. The molecule has 3 amide bonds. The zero-order valence-corrected chi connectivity index (χ0v) is 20.1. The van der Waals surface area contributed by atoms with Crippen LogP contribution in [0.3, 0.4) is 0 Å². The number of nitrogens with one attached hydrogen (secondary N) is 2. The van der Waals surface area contributed by atoms with Gasteiger partial charge in [-0.05, 0) is 16.7 Å². The van der Waals surface area contributed by atoms with Crippen LogP contribution in [0.25, 0.3) is 0 Å². The molecule has 0 saturated heterocycles. The van der Waals surface area contributed by atoms with E-state index >= 15 is 0 Å². The summed E-state index contributed by atoms with van der Waals surface area (Å²) in [6.45, 7) is 0.0795. The van der Waals surface area contributed by atoms with Gasteiger partial charge in [-0.2, -0.15) is 11.8 Å². The lowest BCUT2D eigenvalue weighted by Crippen LogP contribution is -2.54. The molecule has 8 heteroatoms. The Balaban J connectivity index is 1.62. The Morgan fingerprint density at radius 2 is 1.29 bits per heavy atom. The van der Waals surface area contributed by atoms with Crippen LogP contribution in [-0.4, -0.2) is 35.7 Å². The van der Waals surface area contributed by atoms with E-state index in [1.54, 1.807) is 0 Å². The molecular formula is C27H29N3O4S. The first-order chi connectivity index (χ1) is 17.0. The molecule has 0 fully saturated rings. The van der Waals surface area contributed by atoms with Crippen LogP contribution in [0.2, 0.25) is 0 Å². The molecule has 35 heavy (non-hydrogen) atoms. The van der Waals surface area contributed by atoms with Crippen LogP contribution >= 0.6 is 11.8 Å². The molecule has 3 aromatic carbocycles. The fraction of sp³-hybridized carbons (Fsp3) is 0.222. The molecule has 0 aliphatic carbocycles. The van der Waals surface area contributed by atoms with Crippen molar-refractivity contribution in [1.82, 2.24) is 10.6 Å². The van der Waals surface area contributed by atoms with Crippen LogP contribution in [0, 0.1) is 0 Å². The highest BCUT2D eigenvalue weighted by molar-refractivity contribution is 7.98. The molecule has 0 aromatic heterocycles. The van der Waals surface area contributed by atoms with Gasteiger partial charge in [0.05, 0.1) is 0 Å². The average Bonchev–Trinajstić information content (AvgIpc) is 2.88. The minimum absolute atomic E-state index is 0.0795. The van der Waals surface area contributed by atoms with E-state index in [-0.39, 0.29) is 18.8 Å². The Hall–Kier alpha value is -3.78. The van der Waals surface area contributed by atoms with Gasteiger partial charge >= 0.3 is 6.09 Å². The van der Waals surface area contributed by atoms with E-state index in [1.807, 2.05) is 91.0 Å². The van der Waals surface area contributed by atoms with Gasteiger partial charge in [0.25, 0.3) is 0 Å². The van der Waals surface area contributed by atoms with Gasteiger partial charge in [0.2, 0.25) is 11.8 Å². The second kappa shape index (κ2) is 13.8. The van der Waals surface area contributed by atoms with Crippen molar-refractivity contribution in [3.05, 3.63) is 108 Å². The van der Waals surface area contributed by atoms with Crippen LogP contribution in [0.4, 0.5) is 4.79 Å². The second-order valence-electron chi connectivity index (χ2n) is 7.91. The van der Waals surface area contributed by atoms with Crippen LogP contribution in [0.1, 0.15) is 16.7 Å². The lowest BCUT2D eigenvalue weighted by atomic mass is 10.1. The number of carbonyl (C=O) groups excluding carboxylic acids is 3. The first-order valence-electron chi connectivity index (χ1n) is 11.2. The van der Waals surface area contributed by atoms with E-state index in [4.69, 9.17) is 10.5 Å². The highest BCUT2D eigenvalue weighted by Gasteiger charge is 2.26. The SMILES string of the molecule is NC(=O)[C@@H](Cc1ccccc1)NC(=O)[C@@H](CSCc1ccccc1)NC(=O)OCc1ccccc1. The molecule has 2 atom stereocenters. The molecule has 0 bridgehead atoms. The molecule has 0 heterocycles. The summed E-state index contributed by atoms with van der Waals surface area (Å²) in [4.78, 5) is 37.6. The third kappa shape index (κ3) is 9.17. The predicted molar refractivity (Wildman–Crippen MR) is 137 cm³/mol. The molecule has 182 valence electrons. The van der Waals surface area contributed by atoms with Gasteiger partial charge in [0.1, 0.15) is 18.7 Å². The summed E-state index contributed by atoms with van der Waals surface area (Å²) in [6, 6.07) is 26.5. The molecule has 0 saturated carbocycles. The number of rotatable bonds is 12. The standard InChI is InChI=1S/C27H29N3O4S/c28-25(31)23(16-20-10-4-1-5-11-20)29-26(32)24(19-35-18-22-14-8-3-9-15-22)30-27(33)34-17-21-12-6-2-7-13-21/h1-15,23-24H,16-19H2,(H2,28,31)(H,29,32)(H,30,33)/t23-,24-/m1/s1. The number of amides is 3. The van der Waals surface area contributed by atoms with Crippen molar-refractivity contribution >= 4 is 29.7 Å². The van der Waals surface area contributed by atoms with E-state index in [2.05, 4.69) is 10.6 Å². The van der Waals surface area contributed by atoms with Crippen molar-refractivity contribution in [1.29, 1.82) is 0 Å². The van der Waals surface area contributed by atoms with Crippen LogP contribution in [-0.2, 0) is 33.1 Å². The van der Waals surface area contributed by atoms with Gasteiger partial charge in [0, 0.05) is 17.9 Å². The van der Waals surface area contributed by atoms with Gasteiger partial charge in [-0.25, -0.2) is 4.79 Å². The summed E-state index contributed by atoms with van der Waals surface area (Å²) >= 11 is 1.49. The zero-order chi connectivity index (χ0) is 24.9. The zero-order valence-electron chi connectivity index (χ0n) is 19.3. The van der Waals surface area contributed by atoms with Gasteiger partial charge in [0.15, 0.2) is 0 Å². The topological polar surface area (TPSA) is 111 Å². The monoisotopic (exact) mass is 491 g/mol. The summed E-state index contributed by atoms with van der Waals surface area (Å²) < 4.78 is 5.29. The first-order valence-corrected chi connectivity index (χ1v) is 12.4. The van der Waals surface area contributed by atoms with E-state index in [1.165, 1.54) is 11.8 Å². The number of hydrogen-bond acceptors (Lipinski definition) is 5. The van der Waals surface area contributed by atoms with Gasteiger partial charge < -0.3 is 21.1 Å². The third-order valence-electron chi connectivity index (χ3n) is 5.16. The maximum absolute atomic E-state index is 13.1. The predicted octanol–water partition coefficient (Wildman–Crippen LogP) is 3.43. The highest BCUT2D eigenvalue weighted by Crippen LogP contribution is 2.14. The Morgan fingerprint density at radius 3 is 1.86 bits per heavy atom. The molecule has 0 aliphatic rings. The van der Waals surface area contributed by atoms with Crippen molar-refractivity contribution in [3.63, 3.8) is 0 Å². The van der Waals surface area contributed by atoms with Crippen LogP contribution in [0.15, 0.2) is 91.0 Å². The average molecular weight is 492 g/mol. The molecule has 4 N–H and O–H groups in total. The normalized spacial score (nSPS) is 12.2. The van der Waals surface area contributed by atoms with E-state index < -0.39 is 30.0 Å². The number of nitrogens with two attached hydrogens (primary N) is 1. The van der Waals surface area contributed by atoms with E-state index in [9.17, 15) is 14.4 Å². The quantitative estimate of drug-likeness (QED) is 0.360. The van der Waals surface area contributed by atoms with Crippen LogP contribution < -0.4 is 16.4 Å². The minimum atomic E-state index is -0.912. The molecular weight excluding hydrogens is 462 g/mol. The van der Waals surface area contributed by atoms with Crippen molar-refractivity contribution in [3.8, 4) is 0 Å². The lowest BCUT2D eigenvalue weighted by molar-refractivity contribution is -0.128. The summed E-state index contributed by atoms with van der Waals surface area (Å²) in [6.07, 6.45) is -0.461. The number of primary amides is 1. The number of carbonyl (C=O) groups is 3. The second-order valence-corrected chi connectivity index (χ2v) is 8.94. The molecule has 3 rings (SSSR count). The van der Waals surface area contributed by atoms with Crippen molar-refractivity contribution < 1.29 is 19.1 Å². The Labute approximate surface area is 209 Å². The van der Waals surface area contributed by atoms with E-state index in [0.717, 1.165) is 16.7 Å². The van der Waals surface area contributed by atoms with Crippen molar-refractivity contribution in [2.45, 2.75) is 30.9 Å². The molecule has 3 aromatic rings. The number of hydrogen-bond donors (Lipinski definition) is 3. The molecule has 0 aliphatic heterocycles. The first kappa shape index (κ1) is 25.8. The Kier molecular flexibility index (Phi) is 10.2. The largest absolute Gasteiger partial charge is 0.445 e. The fourth-order valence-electron chi connectivity index (χ4n) is 3.30. The van der Waals surface area contributed by atoms with Gasteiger partial charge in [-0.3, -0.25) is 9.59 Å². The maximum atomic E-state index is 13.1. The van der Waals surface area contributed by atoms with E-state index in [0.29, 0.717) is 5.75 Å². The fourth-order valence-corrected chi connectivity index (χ4v) is 4.32. The molecule has 0 spiro atoms. The highest BCUT2D eigenvalue weighted by atomic mass is 32.2. The van der Waals surface area contributed by atoms with Crippen molar-refractivity contribution in [2.75, 3.05) is 5.75 Å². The summed E-state index contributed by atoms with van der Waals surface area (Å²) in [5.41, 5.74) is 8.35. The smallest absolute Gasteiger partial charge is 0.408 e. The van der Waals surface area contributed by atoms with Gasteiger partial charge in [-0.15, -0.1) is 0 Å². The third-order valence-corrected chi connectivity index (χ3v) is 6.27. The Morgan fingerprint density at radius 1 is 0.743 bits per heavy atom. The molecule has 7 nitrogen and oxygen atoms in total. The number of ether oxygens (including phenoxy) is 1. The maximum Gasteiger partial charge on any atom is 0.408 e. The minimum Gasteiger partial charge on any atom is -0.445 e. The lowest BCUT2D eigenvalue weighted by Gasteiger charge is -2.22.